The van der Waals surface area contributed by atoms with Gasteiger partial charge in [-0.15, -0.1) is 28.1 Å². The summed E-state index contributed by atoms with van der Waals surface area (Å²) in [4.78, 5) is 18.3. The topological polar surface area (TPSA) is 71.0 Å². The van der Waals surface area contributed by atoms with Crippen LogP contribution in [0.3, 0.4) is 0 Å². The Kier molecular flexibility index (Phi) is 6.84. The summed E-state index contributed by atoms with van der Waals surface area (Å²) in [6, 6.07) is 7.17. The molecule has 3 rings (SSSR count). The van der Waals surface area contributed by atoms with Gasteiger partial charge in [0.2, 0.25) is 11.0 Å². The average molecular weight is 438 g/mol. The molecule has 0 atom stereocenters. The van der Waals surface area contributed by atoms with Crippen LogP contribution in [0.4, 0.5) is 16.0 Å². The quantitative estimate of drug-likeness (QED) is 0.384. The number of carbonyl (C=O) groups is 1. The molecule has 0 fully saturated rings. The second-order valence-corrected chi connectivity index (χ2v) is 8.76. The SMILES string of the molecule is C=CCNc1nnc(SCc2csc(N(C(C)=O)c3cccc(Cl)c3)n2)s1. The van der Waals surface area contributed by atoms with Gasteiger partial charge in [0.15, 0.2) is 9.47 Å². The molecule has 0 spiro atoms. The number of amides is 1. The molecule has 2 heterocycles. The van der Waals surface area contributed by atoms with E-state index in [1.165, 1.54) is 29.6 Å². The molecule has 3 aromatic rings. The minimum absolute atomic E-state index is 0.118. The number of thioether (sulfide) groups is 1. The standard InChI is InChI=1S/C17H16ClN5OS3/c1-3-7-19-15-21-22-17(27-15)26-10-13-9-25-16(20-13)23(11(2)24)14-6-4-5-12(18)8-14/h3-6,8-9H,1,7,10H2,2H3,(H,19,21). The Hall–Kier alpha value is -1.94. The summed E-state index contributed by atoms with van der Waals surface area (Å²) in [7, 11) is 0. The van der Waals surface area contributed by atoms with Crippen molar-refractivity contribution in [1.82, 2.24) is 15.2 Å². The molecule has 0 unspecified atom stereocenters. The Morgan fingerprint density at radius 3 is 3.04 bits per heavy atom. The molecule has 0 aliphatic carbocycles. The largest absolute Gasteiger partial charge is 0.357 e. The van der Waals surface area contributed by atoms with Crippen molar-refractivity contribution < 1.29 is 4.79 Å². The normalized spacial score (nSPS) is 10.6. The van der Waals surface area contributed by atoms with E-state index in [0.717, 1.165) is 15.2 Å². The predicted octanol–water partition coefficient (Wildman–Crippen LogP) is 5.22. The summed E-state index contributed by atoms with van der Waals surface area (Å²) in [5.74, 6) is 0.529. The number of anilines is 3. The highest BCUT2D eigenvalue weighted by molar-refractivity contribution is 8.00. The van der Waals surface area contributed by atoms with Gasteiger partial charge in [0.25, 0.3) is 0 Å². The van der Waals surface area contributed by atoms with Crippen LogP contribution in [0.25, 0.3) is 0 Å². The Balaban J connectivity index is 1.68. The van der Waals surface area contributed by atoms with E-state index in [0.29, 0.717) is 28.1 Å². The van der Waals surface area contributed by atoms with E-state index in [2.05, 4.69) is 27.1 Å². The van der Waals surface area contributed by atoms with E-state index in [4.69, 9.17) is 11.6 Å². The van der Waals surface area contributed by atoms with Gasteiger partial charge in [-0.2, -0.15) is 0 Å². The molecule has 1 amide bonds. The van der Waals surface area contributed by atoms with Crippen LogP contribution in [0.5, 0.6) is 0 Å². The Morgan fingerprint density at radius 1 is 1.44 bits per heavy atom. The van der Waals surface area contributed by atoms with E-state index < -0.39 is 0 Å². The first kappa shape index (κ1) is 19.8. The Morgan fingerprint density at radius 2 is 2.30 bits per heavy atom. The van der Waals surface area contributed by atoms with Gasteiger partial charge in [-0.3, -0.25) is 9.69 Å². The molecule has 1 aromatic carbocycles. The number of hydrogen-bond donors (Lipinski definition) is 1. The highest BCUT2D eigenvalue weighted by Gasteiger charge is 2.18. The van der Waals surface area contributed by atoms with Gasteiger partial charge in [-0.1, -0.05) is 46.8 Å². The van der Waals surface area contributed by atoms with Crippen LogP contribution >= 0.6 is 46.0 Å². The van der Waals surface area contributed by atoms with E-state index in [9.17, 15) is 4.79 Å². The summed E-state index contributed by atoms with van der Waals surface area (Å²) in [6.45, 7) is 5.82. The zero-order valence-corrected chi connectivity index (χ0v) is 17.6. The van der Waals surface area contributed by atoms with Crippen LogP contribution in [0.1, 0.15) is 12.6 Å². The van der Waals surface area contributed by atoms with Crippen LogP contribution in [-0.4, -0.2) is 27.6 Å². The van der Waals surface area contributed by atoms with Crippen molar-refractivity contribution >= 4 is 67.9 Å². The fourth-order valence-corrected chi connectivity index (χ4v) is 4.97. The van der Waals surface area contributed by atoms with E-state index >= 15 is 0 Å². The van der Waals surface area contributed by atoms with Gasteiger partial charge in [0.1, 0.15) is 0 Å². The molecular formula is C17H16ClN5OS3. The minimum atomic E-state index is -0.118. The van der Waals surface area contributed by atoms with Crippen molar-refractivity contribution in [2.45, 2.75) is 17.0 Å². The summed E-state index contributed by atoms with van der Waals surface area (Å²) < 4.78 is 0.856. The van der Waals surface area contributed by atoms with Crippen molar-refractivity contribution in [3.05, 3.63) is 53.0 Å². The molecule has 140 valence electrons. The van der Waals surface area contributed by atoms with E-state index in [-0.39, 0.29) is 5.91 Å². The molecule has 0 saturated carbocycles. The average Bonchev–Trinajstić information content (AvgIpc) is 3.27. The summed E-state index contributed by atoms with van der Waals surface area (Å²) in [6.07, 6.45) is 1.77. The summed E-state index contributed by atoms with van der Waals surface area (Å²) in [5.41, 5.74) is 1.58. The van der Waals surface area contributed by atoms with E-state index in [1.807, 2.05) is 17.5 Å². The molecule has 0 saturated heterocycles. The summed E-state index contributed by atoms with van der Waals surface area (Å²) >= 11 is 10.5. The number of carbonyl (C=O) groups excluding carboxylic acids is 1. The number of nitrogens with one attached hydrogen (secondary N) is 1. The van der Waals surface area contributed by atoms with Crippen LogP contribution in [0, 0.1) is 0 Å². The number of rotatable bonds is 8. The third kappa shape index (κ3) is 5.29. The number of aromatic nitrogens is 3. The number of nitrogens with zero attached hydrogens (tertiary/aromatic N) is 4. The first-order valence-electron chi connectivity index (χ1n) is 7.88. The molecule has 0 aliphatic heterocycles. The number of halogens is 1. The maximum atomic E-state index is 12.1. The lowest BCUT2D eigenvalue weighted by atomic mass is 10.3. The second-order valence-electron chi connectivity index (χ2n) is 5.29. The maximum Gasteiger partial charge on any atom is 0.230 e. The molecule has 0 radical (unpaired) electrons. The molecule has 0 aliphatic rings. The summed E-state index contributed by atoms with van der Waals surface area (Å²) in [5, 5.41) is 15.2. The first-order valence-corrected chi connectivity index (χ1v) is 10.9. The fraction of sp³-hybridized carbons (Fsp3) is 0.176. The predicted molar refractivity (Wildman–Crippen MR) is 115 cm³/mol. The van der Waals surface area contributed by atoms with Crippen LogP contribution in [-0.2, 0) is 10.5 Å². The molecule has 1 N–H and O–H groups in total. The van der Waals surface area contributed by atoms with Gasteiger partial charge >= 0.3 is 0 Å². The third-order valence-electron chi connectivity index (χ3n) is 3.26. The van der Waals surface area contributed by atoms with Gasteiger partial charge in [0, 0.05) is 29.6 Å². The van der Waals surface area contributed by atoms with E-state index in [1.54, 1.807) is 34.9 Å². The lowest BCUT2D eigenvalue weighted by Crippen LogP contribution is -2.22. The monoisotopic (exact) mass is 437 g/mol. The fourth-order valence-electron chi connectivity index (χ4n) is 2.14. The highest BCUT2D eigenvalue weighted by atomic mass is 35.5. The van der Waals surface area contributed by atoms with Gasteiger partial charge in [-0.25, -0.2) is 4.98 Å². The first-order chi connectivity index (χ1) is 13.1. The van der Waals surface area contributed by atoms with Gasteiger partial charge < -0.3 is 5.32 Å². The molecule has 6 nitrogen and oxygen atoms in total. The number of thiazole rings is 1. The zero-order chi connectivity index (χ0) is 19.2. The van der Waals surface area contributed by atoms with Crippen molar-refractivity contribution in [2.75, 3.05) is 16.8 Å². The number of hydrogen-bond acceptors (Lipinski definition) is 8. The lowest BCUT2D eigenvalue weighted by molar-refractivity contribution is -0.115. The highest BCUT2D eigenvalue weighted by Crippen LogP contribution is 2.33. The molecule has 10 heteroatoms. The van der Waals surface area contributed by atoms with Crippen LogP contribution in [0.15, 0.2) is 46.6 Å². The van der Waals surface area contributed by atoms with Crippen molar-refractivity contribution in [3.63, 3.8) is 0 Å². The van der Waals surface area contributed by atoms with Crippen molar-refractivity contribution in [3.8, 4) is 0 Å². The molecule has 2 aromatic heterocycles. The lowest BCUT2D eigenvalue weighted by Gasteiger charge is -2.18. The molecule has 27 heavy (non-hydrogen) atoms. The van der Waals surface area contributed by atoms with Gasteiger partial charge in [0.05, 0.1) is 11.4 Å². The van der Waals surface area contributed by atoms with Crippen molar-refractivity contribution in [1.29, 1.82) is 0 Å². The molecular weight excluding hydrogens is 422 g/mol. The van der Waals surface area contributed by atoms with Gasteiger partial charge in [-0.05, 0) is 18.2 Å². The minimum Gasteiger partial charge on any atom is -0.357 e. The van der Waals surface area contributed by atoms with Crippen molar-refractivity contribution in [2.24, 2.45) is 0 Å². The maximum absolute atomic E-state index is 12.1. The van der Waals surface area contributed by atoms with Crippen LogP contribution < -0.4 is 10.2 Å². The Bertz CT molecular complexity index is 942. The number of benzene rings is 1. The second kappa shape index (κ2) is 9.32. The third-order valence-corrected chi connectivity index (χ3v) is 6.42. The van der Waals surface area contributed by atoms with Crippen LogP contribution in [0.2, 0.25) is 5.02 Å². The molecule has 0 bridgehead atoms. The zero-order valence-electron chi connectivity index (χ0n) is 14.4. The smallest absolute Gasteiger partial charge is 0.230 e. The Labute approximate surface area is 174 Å².